The second-order valence-electron chi connectivity index (χ2n) is 6.56. The molecule has 0 unspecified atom stereocenters. The summed E-state index contributed by atoms with van der Waals surface area (Å²) in [6.07, 6.45) is 1.11. The van der Waals surface area contributed by atoms with E-state index in [-0.39, 0.29) is 23.9 Å². The molecule has 1 aromatic carbocycles. The zero-order chi connectivity index (χ0) is 22.3. The van der Waals surface area contributed by atoms with Gasteiger partial charge in [0.05, 0.1) is 29.5 Å². The SMILES string of the molecule is CC.CC(C)N(C=N)C(=N)c1cccc(Nc2cccc3[nH]c(CO)cc(=O)c23)n1. The molecule has 0 fully saturated rings. The maximum absolute atomic E-state index is 12.5. The van der Waals surface area contributed by atoms with Gasteiger partial charge in [0.15, 0.2) is 11.3 Å². The van der Waals surface area contributed by atoms with Crippen molar-refractivity contribution >= 4 is 34.6 Å². The minimum atomic E-state index is -0.242. The Morgan fingerprint density at radius 3 is 2.60 bits per heavy atom. The number of anilines is 2. The average molecular weight is 409 g/mol. The second kappa shape index (κ2) is 10.3. The van der Waals surface area contributed by atoms with Crippen LogP contribution in [0.4, 0.5) is 11.5 Å². The van der Waals surface area contributed by atoms with Gasteiger partial charge in [-0.3, -0.25) is 15.6 Å². The number of aliphatic hydroxyl groups excluding tert-OH is 1. The highest BCUT2D eigenvalue weighted by Gasteiger charge is 2.15. The van der Waals surface area contributed by atoms with Crippen molar-refractivity contribution in [3.63, 3.8) is 0 Å². The Labute approximate surface area is 175 Å². The third-order valence-corrected chi connectivity index (χ3v) is 4.29. The number of H-pyrrole nitrogens is 1. The number of aromatic nitrogens is 2. The molecule has 0 amide bonds. The van der Waals surface area contributed by atoms with E-state index >= 15 is 0 Å². The summed E-state index contributed by atoms with van der Waals surface area (Å²) in [5.74, 6) is 0.603. The van der Waals surface area contributed by atoms with Crippen molar-refractivity contribution in [2.45, 2.75) is 40.3 Å². The van der Waals surface area contributed by atoms with E-state index in [2.05, 4.69) is 15.3 Å². The van der Waals surface area contributed by atoms with E-state index < -0.39 is 0 Å². The van der Waals surface area contributed by atoms with Crippen LogP contribution in [-0.4, -0.2) is 38.2 Å². The topological polar surface area (TPSA) is 129 Å². The van der Waals surface area contributed by atoms with Crippen LogP contribution in [0.3, 0.4) is 0 Å². The van der Waals surface area contributed by atoms with Crippen LogP contribution in [0.5, 0.6) is 0 Å². The number of aromatic amines is 1. The number of pyridine rings is 2. The third-order valence-electron chi connectivity index (χ3n) is 4.29. The molecule has 0 saturated carbocycles. The molecule has 8 heteroatoms. The predicted octanol–water partition coefficient (Wildman–Crippen LogP) is 3.83. The van der Waals surface area contributed by atoms with Crippen LogP contribution in [0.2, 0.25) is 0 Å². The molecule has 0 spiro atoms. The van der Waals surface area contributed by atoms with E-state index in [1.807, 2.05) is 27.7 Å². The lowest BCUT2D eigenvalue weighted by molar-refractivity contribution is 0.277. The van der Waals surface area contributed by atoms with Crippen LogP contribution in [0.1, 0.15) is 39.1 Å². The quantitative estimate of drug-likeness (QED) is 0.313. The first-order chi connectivity index (χ1) is 14.4. The predicted molar refractivity (Wildman–Crippen MR) is 122 cm³/mol. The summed E-state index contributed by atoms with van der Waals surface area (Å²) in [5, 5.41) is 28.7. The molecule has 0 aliphatic carbocycles. The van der Waals surface area contributed by atoms with E-state index in [4.69, 9.17) is 10.8 Å². The van der Waals surface area contributed by atoms with Gasteiger partial charge in [0.2, 0.25) is 0 Å². The van der Waals surface area contributed by atoms with Crippen LogP contribution < -0.4 is 10.7 Å². The molecule has 2 aromatic heterocycles. The van der Waals surface area contributed by atoms with Gasteiger partial charge in [0.1, 0.15) is 11.5 Å². The maximum Gasteiger partial charge on any atom is 0.191 e. The molecule has 3 rings (SSSR count). The first kappa shape index (κ1) is 22.8. The number of hydrogen-bond donors (Lipinski definition) is 5. The van der Waals surface area contributed by atoms with E-state index in [1.165, 1.54) is 11.0 Å². The molecule has 0 aliphatic heterocycles. The third kappa shape index (κ3) is 4.90. The molecule has 5 N–H and O–H groups in total. The number of aliphatic hydroxyl groups is 1. The molecule has 0 saturated heterocycles. The Hall–Kier alpha value is -3.52. The highest BCUT2D eigenvalue weighted by atomic mass is 16.3. The van der Waals surface area contributed by atoms with E-state index in [0.29, 0.717) is 33.8 Å². The Morgan fingerprint density at radius 1 is 1.27 bits per heavy atom. The summed E-state index contributed by atoms with van der Waals surface area (Å²) >= 11 is 0. The second-order valence-corrected chi connectivity index (χ2v) is 6.56. The highest BCUT2D eigenvalue weighted by molar-refractivity contribution is 6.01. The van der Waals surface area contributed by atoms with Crippen LogP contribution in [0, 0.1) is 10.8 Å². The Kier molecular flexibility index (Phi) is 7.83. The van der Waals surface area contributed by atoms with Gasteiger partial charge in [-0.15, -0.1) is 0 Å². The first-order valence-corrected chi connectivity index (χ1v) is 9.82. The van der Waals surface area contributed by atoms with Gasteiger partial charge in [-0.2, -0.15) is 0 Å². The van der Waals surface area contributed by atoms with Gasteiger partial charge < -0.3 is 20.3 Å². The standard InChI is InChI=1S/C20H22N6O2.C2H6/c1-12(2)26(11-21)20(22)16-7-4-8-18(25-16)24-15-6-3-5-14-19(15)17(28)9-13(10-27)23-14;1-2/h3-9,11-12,21-22,27H,10H2,1-2H3,(H,23,28)(H,24,25);1-2H3. The van der Waals surface area contributed by atoms with Crippen LogP contribution in [0.15, 0.2) is 47.3 Å². The summed E-state index contributed by atoms with van der Waals surface area (Å²) in [6, 6.07) is 11.9. The van der Waals surface area contributed by atoms with E-state index in [0.717, 1.165) is 6.34 Å². The number of amidine groups is 1. The highest BCUT2D eigenvalue weighted by Crippen LogP contribution is 2.23. The smallest absolute Gasteiger partial charge is 0.191 e. The lowest BCUT2D eigenvalue weighted by Crippen LogP contribution is -2.36. The molecular weight excluding hydrogens is 380 g/mol. The van der Waals surface area contributed by atoms with Gasteiger partial charge >= 0.3 is 0 Å². The minimum Gasteiger partial charge on any atom is -0.390 e. The first-order valence-electron chi connectivity index (χ1n) is 9.82. The number of nitrogens with one attached hydrogen (secondary N) is 4. The van der Waals surface area contributed by atoms with Gasteiger partial charge in [-0.25, -0.2) is 4.98 Å². The molecule has 0 radical (unpaired) electrons. The molecule has 158 valence electrons. The molecule has 30 heavy (non-hydrogen) atoms. The van der Waals surface area contributed by atoms with Gasteiger partial charge in [0, 0.05) is 17.8 Å². The Morgan fingerprint density at radius 2 is 1.97 bits per heavy atom. The van der Waals surface area contributed by atoms with Crippen molar-refractivity contribution in [1.29, 1.82) is 10.8 Å². The fourth-order valence-corrected chi connectivity index (χ4v) is 2.93. The fourth-order valence-electron chi connectivity index (χ4n) is 2.93. The van der Waals surface area contributed by atoms with Gasteiger partial charge in [-0.1, -0.05) is 26.0 Å². The number of rotatable bonds is 6. The number of hydrogen-bond acceptors (Lipinski definition) is 6. The minimum absolute atomic E-state index is 0.0410. The van der Waals surface area contributed by atoms with Crippen molar-refractivity contribution < 1.29 is 5.11 Å². The van der Waals surface area contributed by atoms with Crippen molar-refractivity contribution in [2.75, 3.05) is 5.32 Å². The largest absolute Gasteiger partial charge is 0.390 e. The number of nitrogens with zero attached hydrogens (tertiary/aromatic N) is 2. The van der Waals surface area contributed by atoms with Crippen LogP contribution in [0.25, 0.3) is 10.9 Å². The van der Waals surface area contributed by atoms with Crippen molar-refractivity contribution in [2.24, 2.45) is 0 Å². The fraction of sp³-hybridized carbons (Fsp3) is 0.273. The van der Waals surface area contributed by atoms with Crippen molar-refractivity contribution in [3.8, 4) is 0 Å². The van der Waals surface area contributed by atoms with Gasteiger partial charge in [0.25, 0.3) is 0 Å². The lowest BCUT2D eigenvalue weighted by atomic mass is 10.1. The number of fused-ring (bicyclic) bond motifs is 1. The lowest BCUT2D eigenvalue weighted by Gasteiger charge is -2.23. The summed E-state index contributed by atoms with van der Waals surface area (Å²) < 4.78 is 0. The van der Waals surface area contributed by atoms with Gasteiger partial charge in [-0.05, 0) is 38.1 Å². The van der Waals surface area contributed by atoms with Crippen LogP contribution in [-0.2, 0) is 6.61 Å². The molecule has 0 bridgehead atoms. The molecule has 2 heterocycles. The van der Waals surface area contributed by atoms with Crippen LogP contribution >= 0.6 is 0 Å². The average Bonchev–Trinajstić information content (AvgIpc) is 2.75. The normalized spacial score (nSPS) is 10.3. The molecule has 0 aliphatic rings. The molecule has 3 aromatic rings. The Balaban J connectivity index is 0.00000155. The summed E-state index contributed by atoms with van der Waals surface area (Å²) in [7, 11) is 0. The number of benzene rings is 1. The zero-order valence-electron chi connectivity index (χ0n) is 17.7. The molecule has 0 atom stereocenters. The Bertz CT molecular complexity index is 1090. The molecule has 8 nitrogen and oxygen atoms in total. The zero-order valence-corrected chi connectivity index (χ0v) is 17.7. The summed E-state index contributed by atoms with van der Waals surface area (Å²) in [6.45, 7) is 7.54. The van der Waals surface area contributed by atoms with E-state index in [9.17, 15) is 9.90 Å². The summed E-state index contributed by atoms with van der Waals surface area (Å²) in [4.78, 5) is 21.5. The van der Waals surface area contributed by atoms with E-state index in [1.54, 1.807) is 36.4 Å². The summed E-state index contributed by atoms with van der Waals surface area (Å²) in [5.41, 5.74) is 1.84. The molecular formula is C22H28N6O2. The van der Waals surface area contributed by atoms with Crippen molar-refractivity contribution in [1.82, 2.24) is 14.9 Å². The monoisotopic (exact) mass is 408 g/mol. The maximum atomic E-state index is 12.5. The van der Waals surface area contributed by atoms with Crippen molar-refractivity contribution in [3.05, 3.63) is 64.1 Å².